The first-order valence-corrected chi connectivity index (χ1v) is 12.1. The number of benzene rings is 1. The third-order valence-electron chi connectivity index (χ3n) is 5.96. The molecular formula is C23H27N5O3S. The van der Waals surface area contributed by atoms with Gasteiger partial charge in [-0.1, -0.05) is 6.07 Å². The van der Waals surface area contributed by atoms with Gasteiger partial charge in [-0.25, -0.2) is 18.1 Å². The molecule has 1 amide bonds. The van der Waals surface area contributed by atoms with Gasteiger partial charge in [0, 0.05) is 44.1 Å². The maximum atomic E-state index is 13.0. The van der Waals surface area contributed by atoms with E-state index in [0.29, 0.717) is 43.2 Å². The molecule has 3 heterocycles. The summed E-state index contributed by atoms with van der Waals surface area (Å²) in [4.78, 5) is 17.3. The molecule has 9 heteroatoms. The van der Waals surface area contributed by atoms with Crippen LogP contribution in [-0.2, 0) is 21.4 Å². The van der Waals surface area contributed by atoms with Crippen LogP contribution in [0.4, 0.5) is 0 Å². The van der Waals surface area contributed by atoms with Crippen molar-refractivity contribution in [3.05, 3.63) is 71.7 Å². The van der Waals surface area contributed by atoms with Crippen molar-refractivity contribution in [2.75, 3.05) is 13.1 Å². The van der Waals surface area contributed by atoms with Gasteiger partial charge in [-0.05, 0) is 73.7 Å². The normalized spacial score (nSPS) is 15.6. The van der Waals surface area contributed by atoms with E-state index in [0.717, 1.165) is 16.7 Å². The predicted molar refractivity (Wildman–Crippen MR) is 121 cm³/mol. The van der Waals surface area contributed by atoms with Gasteiger partial charge in [0.25, 0.3) is 0 Å². The number of piperidine rings is 1. The number of hydrogen-bond donors (Lipinski definition) is 1. The third-order valence-corrected chi connectivity index (χ3v) is 7.85. The van der Waals surface area contributed by atoms with Gasteiger partial charge in [-0.3, -0.25) is 4.79 Å². The Balaban J connectivity index is 1.33. The summed E-state index contributed by atoms with van der Waals surface area (Å²) in [6.07, 6.45) is 6.19. The molecule has 3 aromatic rings. The minimum absolute atomic E-state index is 0.0503. The SMILES string of the molecule is Cc1ccc(S(=O)(=O)N2CCC(C(=O)NCc3ccnc(-n4cccn4)c3)CC2)cc1C. The third kappa shape index (κ3) is 4.73. The van der Waals surface area contributed by atoms with Crippen LogP contribution in [0.15, 0.2) is 59.9 Å². The van der Waals surface area contributed by atoms with E-state index in [1.807, 2.05) is 44.3 Å². The second-order valence-corrected chi connectivity index (χ2v) is 10.1. The summed E-state index contributed by atoms with van der Waals surface area (Å²) in [6, 6.07) is 10.8. The van der Waals surface area contributed by atoms with Gasteiger partial charge in [0.15, 0.2) is 5.82 Å². The van der Waals surface area contributed by atoms with Crippen LogP contribution in [0.3, 0.4) is 0 Å². The Morgan fingerprint density at radius 3 is 2.56 bits per heavy atom. The molecule has 168 valence electrons. The van der Waals surface area contributed by atoms with E-state index < -0.39 is 10.0 Å². The number of amides is 1. The molecule has 0 bridgehead atoms. The Labute approximate surface area is 188 Å². The van der Waals surface area contributed by atoms with Crippen LogP contribution in [0.2, 0.25) is 0 Å². The van der Waals surface area contributed by atoms with Crippen LogP contribution >= 0.6 is 0 Å². The van der Waals surface area contributed by atoms with Gasteiger partial charge in [0.2, 0.25) is 15.9 Å². The van der Waals surface area contributed by atoms with E-state index in [9.17, 15) is 13.2 Å². The number of aryl methyl sites for hydroxylation is 2. The maximum absolute atomic E-state index is 13.0. The highest BCUT2D eigenvalue weighted by molar-refractivity contribution is 7.89. The molecule has 0 spiro atoms. The molecule has 1 fully saturated rings. The monoisotopic (exact) mass is 453 g/mol. The Morgan fingerprint density at radius 1 is 1.09 bits per heavy atom. The maximum Gasteiger partial charge on any atom is 0.243 e. The molecule has 4 rings (SSSR count). The van der Waals surface area contributed by atoms with Gasteiger partial charge in [-0.2, -0.15) is 9.40 Å². The van der Waals surface area contributed by atoms with Gasteiger partial charge >= 0.3 is 0 Å². The molecule has 1 aliphatic heterocycles. The number of nitrogens with one attached hydrogen (secondary N) is 1. The molecule has 1 aromatic carbocycles. The second kappa shape index (κ2) is 9.22. The highest BCUT2D eigenvalue weighted by atomic mass is 32.2. The zero-order valence-corrected chi connectivity index (χ0v) is 19.0. The fourth-order valence-corrected chi connectivity index (χ4v) is 5.37. The van der Waals surface area contributed by atoms with Gasteiger partial charge < -0.3 is 5.32 Å². The molecule has 1 N–H and O–H groups in total. The van der Waals surface area contributed by atoms with Gasteiger partial charge in [0.05, 0.1) is 4.90 Å². The molecule has 1 saturated heterocycles. The Bertz CT molecular complexity index is 1200. The molecule has 0 saturated carbocycles. The molecule has 0 aliphatic carbocycles. The molecular weight excluding hydrogens is 426 g/mol. The van der Waals surface area contributed by atoms with E-state index in [-0.39, 0.29) is 11.8 Å². The molecule has 32 heavy (non-hydrogen) atoms. The van der Waals surface area contributed by atoms with Crippen LogP contribution in [0.5, 0.6) is 0 Å². The zero-order chi connectivity index (χ0) is 22.7. The summed E-state index contributed by atoms with van der Waals surface area (Å²) in [5.74, 6) is 0.436. The van der Waals surface area contributed by atoms with Crippen molar-refractivity contribution < 1.29 is 13.2 Å². The van der Waals surface area contributed by atoms with Crippen LogP contribution in [0, 0.1) is 19.8 Å². The standard InChI is InChI=1S/C23H27N5O3S/c1-17-4-5-21(14-18(17)2)32(30,31)27-12-7-20(8-13-27)23(29)25-16-19-6-10-24-22(15-19)28-11-3-9-26-28/h3-6,9-11,14-15,20H,7-8,12-13,16H2,1-2H3,(H,25,29). The predicted octanol–water partition coefficient (Wildman–Crippen LogP) is 2.60. The molecule has 8 nitrogen and oxygen atoms in total. The van der Waals surface area contributed by atoms with Crippen LogP contribution < -0.4 is 5.32 Å². The topological polar surface area (TPSA) is 97.2 Å². The van der Waals surface area contributed by atoms with E-state index in [4.69, 9.17) is 0 Å². The number of carbonyl (C=O) groups excluding carboxylic acids is 1. The highest BCUT2D eigenvalue weighted by Gasteiger charge is 2.32. The number of rotatable bonds is 6. The largest absolute Gasteiger partial charge is 0.352 e. The lowest BCUT2D eigenvalue weighted by Crippen LogP contribution is -2.42. The lowest BCUT2D eigenvalue weighted by molar-refractivity contribution is -0.126. The average molecular weight is 454 g/mol. The van der Waals surface area contributed by atoms with E-state index >= 15 is 0 Å². The van der Waals surface area contributed by atoms with Crippen molar-refractivity contribution in [1.82, 2.24) is 24.4 Å². The minimum Gasteiger partial charge on any atom is -0.352 e. The summed E-state index contributed by atoms with van der Waals surface area (Å²) in [7, 11) is -3.55. The fraction of sp³-hybridized carbons (Fsp3) is 0.348. The minimum atomic E-state index is -3.55. The Morgan fingerprint density at radius 2 is 1.88 bits per heavy atom. The van der Waals surface area contributed by atoms with Crippen LogP contribution in [-0.4, -0.2) is 46.5 Å². The quantitative estimate of drug-likeness (QED) is 0.619. The number of nitrogens with zero attached hydrogens (tertiary/aromatic N) is 4. The Hall–Kier alpha value is -3.04. The first-order chi connectivity index (χ1) is 15.3. The van der Waals surface area contributed by atoms with Crippen molar-refractivity contribution in [2.24, 2.45) is 5.92 Å². The van der Waals surface area contributed by atoms with Crippen molar-refractivity contribution in [2.45, 2.75) is 38.1 Å². The summed E-state index contributed by atoms with van der Waals surface area (Å²) >= 11 is 0. The number of pyridine rings is 1. The molecule has 1 aliphatic rings. The Kier molecular flexibility index (Phi) is 6.38. The van der Waals surface area contributed by atoms with Crippen molar-refractivity contribution in [3.8, 4) is 5.82 Å². The van der Waals surface area contributed by atoms with Crippen LogP contribution in [0.1, 0.15) is 29.5 Å². The lowest BCUT2D eigenvalue weighted by atomic mass is 9.97. The second-order valence-electron chi connectivity index (χ2n) is 8.12. The summed E-state index contributed by atoms with van der Waals surface area (Å²) in [6.45, 7) is 4.93. The first kappa shape index (κ1) is 22.2. The average Bonchev–Trinajstić information content (AvgIpc) is 3.34. The zero-order valence-electron chi connectivity index (χ0n) is 18.2. The van der Waals surface area contributed by atoms with E-state index in [1.54, 1.807) is 29.2 Å². The van der Waals surface area contributed by atoms with Gasteiger partial charge in [-0.15, -0.1) is 0 Å². The lowest BCUT2D eigenvalue weighted by Gasteiger charge is -2.30. The van der Waals surface area contributed by atoms with E-state index in [1.165, 1.54) is 4.31 Å². The number of sulfonamides is 1. The van der Waals surface area contributed by atoms with Crippen molar-refractivity contribution >= 4 is 15.9 Å². The smallest absolute Gasteiger partial charge is 0.243 e. The first-order valence-electron chi connectivity index (χ1n) is 10.6. The molecule has 0 atom stereocenters. The highest BCUT2D eigenvalue weighted by Crippen LogP contribution is 2.25. The molecule has 0 radical (unpaired) electrons. The fourth-order valence-electron chi connectivity index (χ4n) is 3.82. The number of hydrogen-bond acceptors (Lipinski definition) is 5. The summed E-state index contributed by atoms with van der Waals surface area (Å²) in [5, 5.41) is 7.14. The van der Waals surface area contributed by atoms with Crippen LogP contribution in [0.25, 0.3) is 5.82 Å². The number of carbonyl (C=O) groups is 1. The molecule has 0 unspecified atom stereocenters. The van der Waals surface area contributed by atoms with Crippen molar-refractivity contribution in [3.63, 3.8) is 0 Å². The molecule has 2 aromatic heterocycles. The van der Waals surface area contributed by atoms with Crippen molar-refractivity contribution in [1.29, 1.82) is 0 Å². The number of aromatic nitrogens is 3. The summed E-state index contributed by atoms with van der Waals surface area (Å²) < 4.78 is 29.1. The van der Waals surface area contributed by atoms with Gasteiger partial charge in [0.1, 0.15) is 0 Å². The van der Waals surface area contributed by atoms with E-state index in [2.05, 4.69) is 15.4 Å². The summed E-state index contributed by atoms with van der Waals surface area (Å²) in [5.41, 5.74) is 2.94.